The van der Waals surface area contributed by atoms with Gasteiger partial charge in [-0.25, -0.2) is 4.39 Å². The van der Waals surface area contributed by atoms with Crippen molar-refractivity contribution in [2.75, 3.05) is 11.1 Å². The van der Waals surface area contributed by atoms with Crippen LogP contribution in [0.1, 0.15) is 0 Å². The molecule has 0 aliphatic carbocycles. The number of nitrogen functional groups attached to an aromatic ring is 1. The monoisotopic (exact) mass is 436 g/mol. The summed E-state index contributed by atoms with van der Waals surface area (Å²) in [6, 6.07) is 8.61. The van der Waals surface area contributed by atoms with E-state index in [4.69, 9.17) is 5.73 Å². The molecule has 0 spiro atoms. The second-order valence-electron chi connectivity index (χ2n) is 3.60. The van der Waals surface area contributed by atoms with Gasteiger partial charge in [0, 0.05) is 15.0 Å². The normalized spacial score (nSPS) is 10.4. The Morgan fingerprint density at radius 1 is 0.944 bits per heavy atom. The molecule has 18 heavy (non-hydrogen) atoms. The van der Waals surface area contributed by atoms with Crippen molar-refractivity contribution in [3.05, 3.63) is 49.6 Å². The van der Waals surface area contributed by atoms with Crippen LogP contribution in [0.3, 0.4) is 0 Å². The Morgan fingerprint density at radius 3 is 2.39 bits per heavy atom. The molecule has 0 radical (unpaired) electrons. The molecule has 3 N–H and O–H groups in total. The maximum absolute atomic E-state index is 13.3. The van der Waals surface area contributed by atoms with Gasteiger partial charge < -0.3 is 11.1 Å². The van der Waals surface area contributed by atoms with E-state index in [9.17, 15) is 4.39 Å². The number of hydrogen-bond acceptors (Lipinski definition) is 2. The van der Waals surface area contributed by atoms with Crippen LogP contribution in [0.4, 0.5) is 21.5 Å². The van der Waals surface area contributed by atoms with E-state index < -0.39 is 0 Å². The molecule has 6 heteroatoms. The molecule has 2 rings (SSSR count). The third kappa shape index (κ3) is 3.05. The number of rotatable bonds is 2. The van der Waals surface area contributed by atoms with Gasteiger partial charge in [0.05, 0.1) is 21.5 Å². The minimum absolute atomic E-state index is 0.350. The molecule has 0 aromatic heterocycles. The molecule has 0 saturated carbocycles. The van der Waals surface area contributed by atoms with Crippen molar-refractivity contribution in [1.29, 1.82) is 0 Å². The van der Waals surface area contributed by atoms with E-state index in [0.29, 0.717) is 15.8 Å². The van der Waals surface area contributed by atoms with Crippen molar-refractivity contribution in [2.24, 2.45) is 0 Å². The minimum Gasteiger partial charge on any atom is -0.397 e. The maximum Gasteiger partial charge on any atom is 0.139 e. The lowest BCUT2D eigenvalue weighted by atomic mass is 10.2. The molecule has 0 heterocycles. The van der Waals surface area contributed by atoms with E-state index in [1.165, 1.54) is 6.07 Å². The number of halogens is 4. The van der Waals surface area contributed by atoms with E-state index in [1.54, 1.807) is 6.07 Å². The van der Waals surface area contributed by atoms with Crippen LogP contribution in [0.2, 0.25) is 0 Å². The van der Waals surface area contributed by atoms with Crippen molar-refractivity contribution < 1.29 is 4.39 Å². The van der Waals surface area contributed by atoms with Gasteiger partial charge >= 0.3 is 0 Å². The summed E-state index contributed by atoms with van der Waals surface area (Å²) in [5, 5.41) is 3.15. The predicted octanol–water partition coefficient (Wildman–Crippen LogP) is 5.44. The first-order chi connectivity index (χ1) is 8.47. The molecule has 0 fully saturated rings. The van der Waals surface area contributed by atoms with E-state index in [2.05, 4.69) is 53.1 Å². The molecule has 0 aliphatic heterocycles. The minimum atomic E-state index is -0.383. The van der Waals surface area contributed by atoms with Crippen molar-refractivity contribution >= 4 is 64.9 Å². The summed E-state index contributed by atoms with van der Waals surface area (Å²) >= 11 is 9.96. The average Bonchev–Trinajstić information content (AvgIpc) is 2.30. The van der Waals surface area contributed by atoms with Crippen LogP contribution in [0.25, 0.3) is 0 Å². The first-order valence-corrected chi connectivity index (χ1v) is 7.32. The molecule has 0 aliphatic rings. The van der Waals surface area contributed by atoms with Crippen molar-refractivity contribution in [3.8, 4) is 0 Å². The molecule has 0 amide bonds. The van der Waals surface area contributed by atoms with Gasteiger partial charge in [-0.05, 0) is 56.1 Å². The molecule has 2 aromatic rings. The van der Waals surface area contributed by atoms with E-state index in [0.717, 1.165) is 14.6 Å². The van der Waals surface area contributed by atoms with Crippen molar-refractivity contribution in [3.63, 3.8) is 0 Å². The summed E-state index contributed by atoms with van der Waals surface area (Å²) in [6.45, 7) is 0. The fourth-order valence-electron chi connectivity index (χ4n) is 1.41. The highest BCUT2D eigenvalue weighted by atomic mass is 79.9. The Morgan fingerprint density at radius 2 is 1.67 bits per heavy atom. The molecule has 0 unspecified atom stereocenters. The standard InChI is InChI=1S/C12H8Br3FN2/c13-6-1-2-7(14)11(3-6)18-12-4-8(15)9(16)5-10(12)17/h1-5,18H,17H2. The second-order valence-corrected chi connectivity index (χ2v) is 6.23. The number of nitrogens with one attached hydrogen (secondary N) is 1. The van der Waals surface area contributed by atoms with E-state index in [1.807, 2.05) is 18.2 Å². The topological polar surface area (TPSA) is 38.0 Å². The average molecular weight is 439 g/mol. The summed E-state index contributed by atoms with van der Waals surface area (Å²) in [5.41, 5.74) is 7.61. The van der Waals surface area contributed by atoms with Crippen LogP contribution >= 0.6 is 47.8 Å². The van der Waals surface area contributed by atoms with Crippen LogP contribution in [-0.2, 0) is 0 Å². The molecule has 0 bridgehead atoms. The van der Waals surface area contributed by atoms with Gasteiger partial charge in [0.2, 0.25) is 0 Å². The molecule has 0 saturated heterocycles. The van der Waals surface area contributed by atoms with Crippen LogP contribution in [-0.4, -0.2) is 0 Å². The fraction of sp³-hybridized carbons (Fsp3) is 0. The Balaban J connectivity index is 2.40. The zero-order chi connectivity index (χ0) is 13.3. The highest BCUT2D eigenvalue weighted by Gasteiger charge is 2.08. The van der Waals surface area contributed by atoms with E-state index >= 15 is 0 Å². The number of anilines is 3. The number of nitrogens with two attached hydrogens (primary N) is 1. The second kappa shape index (κ2) is 5.59. The molecule has 0 atom stereocenters. The number of benzene rings is 2. The summed E-state index contributed by atoms with van der Waals surface area (Å²) in [5.74, 6) is -0.383. The summed E-state index contributed by atoms with van der Waals surface area (Å²) in [7, 11) is 0. The Hall–Kier alpha value is -0.590. The van der Waals surface area contributed by atoms with Gasteiger partial charge in [-0.1, -0.05) is 15.9 Å². The van der Waals surface area contributed by atoms with Gasteiger partial charge in [-0.3, -0.25) is 0 Å². The molecule has 94 valence electrons. The lowest BCUT2D eigenvalue weighted by Gasteiger charge is -2.12. The molecule has 2 aromatic carbocycles. The van der Waals surface area contributed by atoms with Crippen LogP contribution in [0, 0.1) is 5.82 Å². The van der Waals surface area contributed by atoms with Crippen molar-refractivity contribution in [1.82, 2.24) is 0 Å². The first-order valence-electron chi connectivity index (χ1n) is 4.94. The van der Waals surface area contributed by atoms with Gasteiger partial charge in [-0.15, -0.1) is 0 Å². The Bertz CT molecular complexity index is 602. The zero-order valence-corrected chi connectivity index (χ0v) is 13.7. The highest BCUT2D eigenvalue weighted by molar-refractivity contribution is 9.11. The third-order valence-corrected chi connectivity index (χ3v) is 4.08. The summed E-state index contributed by atoms with van der Waals surface area (Å²) in [4.78, 5) is 0. The van der Waals surface area contributed by atoms with Crippen LogP contribution < -0.4 is 11.1 Å². The zero-order valence-electron chi connectivity index (χ0n) is 8.98. The SMILES string of the molecule is Nc1cc(F)c(Br)cc1Nc1cc(Br)ccc1Br. The predicted molar refractivity (Wildman–Crippen MR) is 83.6 cm³/mol. The smallest absolute Gasteiger partial charge is 0.139 e. The van der Waals surface area contributed by atoms with Gasteiger partial charge in [0.15, 0.2) is 0 Å². The fourth-order valence-corrected chi connectivity index (χ4v) is 2.46. The molecular formula is C12H8Br3FN2. The maximum atomic E-state index is 13.3. The third-order valence-electron chi connectivity index (χ3n) is 2.29. The van der Waals surface area contributed by atoms with Crippen molar-refractivity contribution in [2.45, 2.75) is 0 Å². The first kappa shape index (κ1) is 13.8. The van der Waals surface area contributed by atoms with Gasteiger partial charge in [0.1, 0.15) is 5.82 Å². The lowest BCUT2D eigenvalue weighted by Crippen LogP contribution is -1.98. The quantitative estimate of drug-likeness (QED) is 0.613. The Kier molecular flexibility index (Phi) is 4.29. The Labute approximate surface area is 129 Å². The van der Waals surface area contributed by atoms with Gasteiger partial charge in [-0.2, -0.15) is 0 Å². The van der Waals surface area contributed by atoms with Gasteiger partial charge in [0.25, 0.3) is 0 Å². The molecular weight excluding hydrogens is 431 g/mol. The molecule has 2 nitrogen and oxygen atoms in total. The van der Waals surface area contributed by atoms with E-state index in [-0.39, 0.29) is 5.82 Å². The largest absolute Gasteiger partial charge is 0.397 e. The summed E-state index contributed by atoms with van der Waals surface area (Å²) < 4.78 is 15.5. The lowest BCUT2D eigenvalue weighted by molar-refractivity contribution is 0.622. The highest BCUT2D eigenvalue weighted by Crippen LogP contribution is 2.33. The van der Waals surface area contributed by atoms with Crippen LogP contribution in [0.5, 0.6) is 0 Å². The summed E-state index contributed by atoms with van der Waals surface area (Å²) in [6.07, 6.45) is 0. The van der Waals surface area contributed by atoms with Crippen LogP contribution in [0.15, 0.2) is 43.7 Å². The number of hydrogen-bond donors (Lipinski definition) is 2.